The van der Waals surface area contributed by atoms with E-state index in [4.69, 9.17) is 5.73 Å². The first-order chi connectivity index (χ1) is 10.7. The van der Waals surface area contributed by atoms with Crippen LogP contribution in [0.2, 0.25) is 0 Å². The van der Waals surface area contributed by atoms with E-state index in [9.17, 15) is 4.79 Å². The molecular weight excluding hydrogens is 328 g/mol. The zero-order valence-electron chi connectivity index (χ0n) is 13.8. The van der Waals surface area contributed by atoms with Crippen LogP contribution in [0.3, 0.4) is 0 Å². The molecule has 2 aliphatic rings. The average molecular weight is 357 g/mol. The summed E-state index contributed by atoms with van der Waals surface area (Å²) in [4.78, 5) is 14.0. The van der Waals surface area contributed by atoms with Gasteiger partial charge >= 0.3 is 0 Å². The lowest BCUT2D eigenvalue weighted by atomic mass is 9.72. The molecule has 2 atom stereocenters. The molecule has 0 aliphatic heterocycles. The highest BCUT2D eigenvalue weighted by molar-refractivity contribution is 7.10. The third-order valence-electron chi connectivity index (χ3n) is 5.54. The van der Waals surface area contributed by atoms with Crippen molar-refractivity contribution in [2.45, 2.75) is 69.2 Å². The Morgan fingerprint density at radius 2 is 2.04 bits per heavy atom. The van der Waals surface area contributed by atoms with Gasteiger partial charge in [0.05, 0.1) is 0 Å². The van der Waals surface area contributed by atoms with Crippen LogP contribution < -0.4 is 11.1 Å². The van der Waals surface area contributed by atoms with E-state index in [-0.39, 0.29) is 35.7 Å². The van der Waals surface area contributed by atoms with Crippen LogP contribution in [0, 0.1) is 5.92 Å². The van der Waals surface area contributed by atoms with Crippen molar-refractivity contribution in [2.75, 3.05) is 6.54 Å². The number of hydrogen-bond donors (Lipinski definition) is 2. The number of carbonyl (C=O) groups excluding carboxylic acids is 1. The van der Waals surface area contributed by atoms with Gasteiger partial charge in [0.25, 0.3) is 0 Å². The minimum Gasteiger partial charge on any atom is -0.355 e. The van der Waals surface area contributed by atoms with Gasteiger partial charge in [0, 0.05) is 28.8 Å². The topological polar surface area (TPSA) is 55.1 Å². The number of hydrogen-bond acceptors (Lipinski definition) is 3. The van der Waals surface area contributed by atoms with E-state index in [0.717, 1.165) is 32.2 Å². The lowest BCUT2D eigenvalue weighted by molar-refractivity contribution is -0.126. The molecule has 23 heavy (non-hydrogen) atoms. The summed E-state index contributed by atoms with van der Waals surface area (Å²) in [7, 11) is 0. The van der Waals surface area contributed by atoms with Gasteiger partial charge in [-0.2, -0.15) is 0 Å². The Morgan fingerprint density at radius 3 is 2.70 bits per heavy atom. The predicted octanol–water partition coefficient (Wildman–Crippen LogP) is 4.01. The van der Waals surface area contributed by atoms with Crippen LogP contribution >= 0.6 is 23.7 Å². The van der Waals surface area contributed by atoms with Gasteiger partial charge in [-0.1, -0.05) is 31.7 Å². The second kappa shape index (κ2) is 8.50. The monoisotopic (exact) mass is 356 g/mol. The van der Waals surface area contributed by atoms with E-state index in [0.29, 0.717) is 0 Å². The van der Waals surface area contributed by atoms with Crippen molar-refractivity contribution in [1.29, 1.82) is 0 Å². The van der Waals surface area contributed by atoms with Crippen molar-refractivity contribution in [3.63, 3.8) is 0 Å². The predicted molar refractivity (Wildman–Crippen MR) is 99.3 cm³/mol. The molecule has 1 aromatic rings. The largest absolute Gasteiger partial charge is 0.355 e. The lowest BCUT2D eigenvalue weighted by Crippen LogP contribution is -2.45. The lowest BCUT2D eigenvalue weighted by Gasteiger charge is -2.37. The first-order valence-electron chi connectivity index (χ1n) is 8.77. The fourth-order valence-electron chi connectivity index (χ4n) is 4.19. The molecule has 0 radical (unpaired) electrons. The number of thiophene rings is 1. The quantitative estimate of drug-likeness (QED) is 0.856. The van der Waals surface area contributed by atoms with E-state index in [1.807, 2.05) is 11.3 Å². The Kier molecular flexibility index (Phi) is 6.93. The van der Waals surface area contributed by atoms with Gasteiger partial charge < -0.3 is 11.1 Å². The summed E-state index contributed by atoms with van der Waals surface area (Å²) in [6.45, 7) is 0.804. The van der Waals surface area contributed by atoms with E-state index in [1.165, 1.54) is 37.0 Å². The van der Waals surface area contributed by atoms with Gasteiger partial charge in [0.2, 0.25) is 5.91 Å². The highest BCUT2D eigenvalue weighted by Gasteiger charge is 2.36. The molecule has 2 saturated carbocycles. The Labute approximate surface area is 149 Å². The van der Waals surface area contributed by atoms with Crippen molar-refractivity contribution in [1.82, 2.24) is 5.32 Å². The molecule has 1 heterocycles. The van der Waals surface area contributed by atoms with Crippen molar-refractivity contribution < 1.29 is 4.79 Å². The second-order valence-electron chi connectivity index (χ2n) is 7.16. The van der Waals surface area contributed by atoms with Crippen LogP contribution in [0.1, 0.15) is 62.7 Å². The summed E-state index contributed by atoms with van der Waals surface area (Å²) < 4.78 is 0. The number of nitrogens with two attached hydrogens (primary N) is 1. The maximum Gasteiger partial charge on any atom is 0.223 e. The van der Waals surface area contributed by atoms with Crippen molar-refractivity contribution in [3.05, 3.63) is 22.4 Å². The van der Waals surface area contributed by atoms with E-state index < -0.39 is 0 Å². The number of rotatable bonds is 4. The number of nitrogens with one attached hydrogen (secondary N) is 1. The Morgan fingerprint density at radius 1 is 1.26 bits per heavy atom. The molecule has 1 amide bonds. The summed E-state index contributed by atoms with van der Waals surface area (Å²) in [5.74, 6) is 0.365. The third-order valence-corrected chi connectivity index (χ3v) is 6.66. The molecule has 3 nitrogen and oxygen atoms in total. The van der Waals surface area contributed by atoms with Crippen LogP contribution in [-0.2, 0) is 10.2 Å². The molecule has 2 aliphatic carbocycles. The van der Waals surface area contributed by atoms with Crippen molar-refractivity contribution >= 4 is 29.7 Å². The molecule has 0 spiro atoms. The zero-order chi connectivity index (χ0) is 15.4. The van der Waals surface area contributed by atoms with Crippen molar-refractivity contribution in [3.8, 4) is 0 Å². The molecule has 3 rings (SSSR count). The van der Waals surface area contributed by atoms with Crippen LogP contribution in [0.4, 0.5) is 0 Å². The number of halogens is 1. The standard InChI is InChI=1S/C18H28N2OS.ClH/c19-15-7-4-6-14(12-15)17(21)20-13-18(9-2-1-3-10-18)16-8-5-11-22-16;/h5,8,11,14-15H,1-4,6-7,9-10,12-13,19H2,(H,20,21);1H. The number of amides is 1. The van der Waals surface area contributed by atoms with E-state index >= 15 is 0 Å². The molecule has 1 aromatic heterocycles. The SMILES string of the molecule is Cl.NC1CCCC(C(=O)NCC2(c3cccs3)CCCCC2)C1. The van der Waals surface area contributed by atoms with Gasteiger partial charge in [-0.15, -0.1) is 23.7 Å². The molecular formula is C18H29ClN2OS. The van der Waals surface area contributed by atoms with Gasteiger partial charge in [-0.3, -0.25) is 4.79 Å². The maximum atomic E-state index is 12.5. The summed E-state index contributed by atoms with van der Waals surface area (Å²) in [6, 6.07) is 4.60. The minimum absolute atomic E-state index is 0. The molecule has 3 N–H and O–H groups in total. The molecule has 0 saturated heterocycles. The second-order valence-corrected chi connectivity index (χ2v) is 8.11. The fourth-order valence-corrected chi connectivity index (χ4v) is 5.17. The summed E-state index contributed by atoms with van der Waals surface area (Å²) >= 11 is 1.84. The van der Waals surface area contributed by atoms with Gasteiger partial charge in [0.15, 0.2) is 0 Å². The average Bonchev–Trinajstić information content (AvgIpc) is 3.09. The first kappa shape index (κ1) is 18.8. The summed E-state index contributed by atoms with van der Waals surface area (Å²) in [5.41, 5.74) is 6.21. The van der Waals surface area contributed by atoms with Crippen LogP contribution in [0.5, 0.6) is 0 Å². The highest BCUT2D eigenvalue weighted by atomic mass is 35.5. The highest BCUT2D eigenvalue weighted by Crippen LogP contribution is 2.41. The zero-order valence-corrected chi connectivity index (χ0v) is 15.4. The summed E-state index contributed by atoms with van der Waals surface area (Å²) in [5, 5.41) is 5.44. The minimum atomic E-state index is 0. The Bertz CT molecular complexity index is 485. The molecule has 2 fully saturated rings. The van der Waals surface area contributed by atoms with Crippen LogP contribution in [0.15, 0.2) is 17.5 Å². The van der Waals surface area contributed by atoms with Gasteiger partial charge in [-0.25, -0.2) is 0 Å². The molecule has 0 bridgehead atoms. The van der Waals surface area contributed by atoms with Gasteiger partial charge in [0.1, 0.15) is 0 Å². The van der Waals surface area contributed by atoms with Gasteiger partial charge in [-0.05, 0) is 43.6 Å². The van der Waals surface area contributed by atoms with Crippen molar-refractivity contribution in [2.24, 2.45) is 11.7 Å². The maximum absolute atomic E-state index is 12.5. The summed E-state index contributed by atoms with van der Waals surface area (Å²) in [6.07, 6.45) is 10.3. The Hall–Kier alpha value is -0.580. The normalized spacial score (nSPS) is 27.0. The molecule has 130 valence electrons. The van der Waals surface area contributed by atoms with E-state index in [1.54, 1.807) is 0 Å². The Balaban J connectivity index is 0.00000192. The van der Waals surface area contributed by atoms with E-state index in [2.05, 4.69) is 22.8 Å². The number of carbonyl (C=O) groups is 1. The smallest absolute Gasteiger partial charge is 0.223 e. The molecule has 5 heteroatoms. The van der Waals surface area contributed by atoms with Crippen LogP contribution in [0.25, 0.3) is 0 Å². The molecule has 2 unspecified atom stereocenters. The fraction of sp³-hybridized carbons (Fsp3) is 0.722. The van der Waals surface area contributed by atoms with Crippen LogP contribution in [-0.4, -0.2) is 18.5 Å². The molecule has 0 aromatic carbocycles. The first-order valence-corrected chi connectivity index (χ1v) is 9.65. The third kappa shape index (κ3) is 4.49.